The average Bonchev–Trinajstić information content (AvgIpc) is 3.44. The Hall–Kier alpha value is -4.07. The van der Waals surface area contributed by atoms with Gasteiger partial charge in [0.25, 0.3) is 6.43 Å². The fraction of sp³-hybridized carbons (Fsp3) is 0.192. The molecule has 2 N–H and O–H groups in total. The first-order valence-corrected chi connectivity index (χ1v) is 13.6. The smallest absolute Gasteiger partial charge is 0.299 e. The number of benzene rings is 3. The van der Waals surface area contributed by atoms with E-state index in [4.69, 9.17) is 21.1 Å². The minimum atomic E-state index is -4.30. The van der Waals surface area contributed by atoms with Gasteiger partial charge in [-0.05, 0) is 35.9 Å². The maximum atomic E-state index is 13.5. The van der Waals surface area contributed by atoms with Gasteiger partial charge in [0.1, 0.15) is 22.7 Å². The van der Waals surface area contributed by atoms with Gasteiger partial charge in [0.05, 0.1) is 26.3 Å². The second kappa shape index (κ2) is 12.4. The molecule has 4 aromatic rings. The van der Waals surface area contributed by atoms with Crippen LogP contribution in [-0.4, -0.2) is 43.3 Å². The van der Waals surface area contributed by atoms with Crippen LogP contribution in [-0.2, 0) is 27.8 Å². The van der Waals surface area contributed by atoms with Crippen LogP contribution < -0.4 is 19.5 Å². The zero-order chi connectivity index (χ0) is 28.9. The van der Waals surface area contributed by atoms with Crippen LogP contribution in [0.1, 0.15) is 23.4 Å². The summed E-state index contributed by atoms with van der Waals surface area (Å²) in [5.74, 6) is -0.301. The predicted octanol–water partition coefficient (Wildman–Crippen LogP) is 4.54. The van der Waals surface area contributed by atoms with Crippen LogP contribution in [0, 0.1) is 0 Å². The van der Waals surface area contributed by atoms with Crippen molar-refractivity contribution in [1.82, 2.24) is 19.5 Å². The molecule has 0 spiro atoms. The van der Waals surface area contributed by atoms with Crippen molar-refractivity contribution in [3.05, 3.63) is 89.0 Å². The third-order valence-corrected chi connectivity index (χ3v) is 7.54. The van der Waals surface area contributed by atoms with Gasteiger partial charge in [0.2, 0.25) is 21.8 Å². The lowest BCUT2D eigenvalue weighted by atomic mass is 10.1. The highest BCUT2D eigenvalue weighted by molar-refractivity contribution is 7.89. The highest BCUT2D eigenvalue weighted by Gasteiger charge is 2.24. The number of rotatable bonds is 11. The van der Waals surface area contributed by atoms with Gasteiger partial charge < -0.3 is 14.8 Å². The first kappa shape index (κ1) is 28.9. The van der Waals surface area contributed by atoms with E-state index in [-0.39, 0.29) is 29.2 Å². The Kier molecular flexibility index (Phi) is 8.97. The maximum absolute atomic E-state index is 13.5. The van der Waals surface area contributed by atoms with Crippen molar-refractivity contribution in [1.29, 1.82) is 0 Å². The summed E-state index contributed by atoms with van der Waals surface area (Å²) in [4.78, 5) is 15.9. The molecule has 1 aromatic heterocycles. The van der Waals surface area contributed by atoms with Crippen molar-refractivity contribution in [3.63, 3.8) is 0 Å². The van der Waals surface area contributed by atoms with Crippen molar-refractivity contribution in [2.45, 2.75) is 24.3 Å². The molecular weight excluding hydrogens is 568 g/mol. The molecule has 0 saturated carbocycles. The Morgan fingerprint density at radius 2 is 1.82 bits per heavy atom. The van der Waals surface area contributed by atoms with Crippen LogP contribution in [0.4, 0.5) is 14.5 Å². The number of amides is 1. The topological polar surface area (TPSA) is 124 Å². The second-order valence-electron chi connectivity index (χ2n) is 8.35. The molecule has 14 heteroatoms. The summed E-state index contributed by atoms with van der Waals surface area (Å²) in [6.45, 7) is -0.169. The van der Waals surface area contributed by atoms with E-state index in [1.807, 2.05) is 0 Å². The molecule has 210 valence electrons. The van der Waals surface area contributed by atoms with E-state index >= 15 is 0 Å². The number of hydrogen-bond donors (Lipinski definition) is 2. The molecule has 40 heavy (non-hydrogen) atoms. The quantitative estimate of drug-likeness (QED) is 0.262. The number of hydrogen-bond acceptors (Lipinski definition) is 7. The monoisotopic (exact) mass is 591 g/mol. The van der Waals surface area contributed by atoms with Gasteiger partial charge in [0, 0.05) is 28.9 Å². The van der Waals surface area contributed by atoms with Gasteiger partial charge in [-0.2, -0.15) is 0 Å². The number of methoxy groups -OCH3 is 2. The number of carbonyl (C=O) groups is 1. The number of nitrogens with zero attached hydrogens (tertiary/aromatic N) is 3. The fourth-order valence-corrected chi connectivity index (χ4v) is 5.18. The van der Waals surface area contributed by atoms with Crippen LogP contribution in [0.5, 0.6) is 11.5 Å². The van der Waals surface area contributed by atoms with E-state index in [1.54, 1.807) is 42.5 Å². The molecular formula is C26H24ClF2N5O5S. The highest BCUT2D eigenvalue weighted by Crippen LogP contribution is 2.28. The molecule has 1 heterocycles. The predicted molar refractivity (Wildman–Crippen MR) is 144 cm³/mol. The number of ether oxygens (including phenoxy) is 2. The van der Waals surface area contributed by atoms with Crippen LogP contribution in [0.2, 0.25) is 5.02 Å². The van der Waals surface area contributed by atoms with Crippen LogP contribution in [0.15, 0.2) is 71.9 Å². The van der Waals surface area contributed by atoms with Crippen molar-refractivity contribution in [2.24, 2.45) is 0 Å². The molecule has 1 amide bonds. The number of aromatic nitrogens is 3. The zero-order valence-corrected chi connectivity index (χ0v) is 22.8. The lowest BCUT2D eigenvalue weighted by Crippen LogP contribution is -2.25. The summed E-state index contributed by atoms with van der Waals surface area (Å²) < 4.78 is 67.2. The van der Waals surface area contributed by atoms with Gasteiger partial charge in [0.15, 0.2) is 0 Å². The highest BCUT2D eigenvalue weighted by atomic mass is 35.5. The molecule has 0 unspecified atom stereocenters. The lowest BCUT2D eigenvalue weighted by Gasteiger charge is -2.15. The van der Waals surface area contributed by atoms with E-state index in [0.717, 1.165) is 11.0 Å². The third kappa shape index (κ3) is 6.73. The van der Waals surface area contributed by atoms with Crippen molar-refractivity contribution >= 4 is 33.2 Å². The summed E-state index contributed by atoms with van der Waals surface area (Å²) in [5.41, 5.74) is 1.19. The van der Waals surface area contributed by atoms with Crippen LogP contribution in [0.25, 0.3) is 5.69 Å². The minimum absolute atomic E-state index is 0.0557. The number of nitrogens with one attached hydrogen (secondary N) is 2. The van der Waals surface area contributed by atoms with E-state index in [1.165, 1.54) is 32.4 Å². The van der Waals surface area contributed by atoms with Crippen LogP contribution in [0.3, 0.4) is 0 Å². The van der Waals surface area contributed by atoms with Gasteiger partial charge in [-0.15, -0.1) is 5.10 Å². The average molecular weight is 592 g/mol. The first-order chi connectivity index (χ1) is 19.1. The van der Waals surface area contributed by atoms with Crippen molar-refractivity contribution < 1.29 is 31.5 Å². The summed E-state index contributed by atoms with van der Waals surface area (Å²) in [5, 5.41) is 6.76. The minimum Gasteiger partial charge on any atom is -0.497 e. The summed E-state index contributed by atoms with van der Waals surface area (Å²) in [7, 11) is -1.37. The van der Waals surface area contributed by atoms with Crippen molar-refractivity contribution in [2.75, 3.05) is 19.5 Å². The number of carbonyl (C=O) groups excluding carboxylic acids is 1. The number of anilines is 1. The molecule has 0 radical (unpaired) electrons. The largest absolute Gasteiger partial charge is 0.497 e. The van der Waals surface area contributed by atoms with Crippen molar-refractivity contribution in [3.8, 4) is 17.2 Å². The summed E-state index contributed by atoms with van der Waals surface area (Å²) >= 11 is 6.14. The Bertz CT molecular complexity index is 1630. The Morgan fingerprint density at radius 3 is 2.50 bits per heavy atom. The summed E-state index contributed by atoms with van der Waals surface area (Å²) in [6.07, 6.45) is -2.02. The Balaban J connectivity index is 1.66. The molecule has 0 aliphatic rings. The van der Waals surface area contributed by atoms with Gasteiger partial charge in [-0.1, -0.05) is 35.9 Å². The molecule has 0 bridgehead atoms. The molecule has 10 nitrogen and oxygen atoms in total. The normalized spacial score (nSPS) is 11.4. The molecule has 0 aliphatic heterocycles. The molecule has 3 aromatic carbocycles. The van der Waals surface area contributed by atoms with Gasteiger partial charge in [-0.3, -0.25) is 4.79 Å². The van der Waals surface area contributed by atoms with Gasteiger partial charge >= 0.3 is 0 Å². The first-order valence-electron chi connectivity index (χ1n) is 11.7. The molecule has 0 atom stereocenters. The molecule has 0 saturated heterocycles. The SMILES string of the molecule is COc1ccc(CNS(=O)(=O)c2cc(NC(=O)Cc3ccccc3Cl)ccc2-n2cnc(C(F)F)n2)c(OC)c1. The fourth-order valence-electron chi connectivity index (χ4n) is 3.76. The molecule has 0 aliphatic carbocycles. The molecule has 4 rings (SSSR count). The zero-order valence-electron chi connectivity index (χ0n) is 21.3. The number of alkyl halides is 2. The molecule has 0 fully saturated rings. The van der Waals surface area contributed by atoms with E-state index in [2.05, 4.69) is 20.1 Å². The lowest BCUT2D eigenvalue weighted by molar-refractivity contribution is -0.115. The number of sulfonamides is 1. The second-order valence-corrected chi connectivity index (χ2v) is 10.5. The maximum Gasteiger partial charge on any atom is 0.299 e. The van der Waals surface area contributed by atoms with Gasteiger partial charge in [-0.25, -0.2) is 31.6 Å². The number of halogens is 3. The van der Waals surface area contributed by atoms with E-state index in [9.17, 15) is 22.0 Å². The standard InChI is InChI=1S/C26H24ClF2N5O5S/c1-38-19-9-7-17(22(13-19)39-2)14-31-40(36,37)23-12-18(32-24(35)11-16-5-3-4-6-20(16)27)8-10-21(23)34-15-30-26(33-34)25(28)29/h3-10,12-13,15,25,31H,11,14H2,1-2H3,(H,32,35). The Labute approximate surface area is 234 Å². The van der Waals surface area contributed by atoms with Crippen LogP contribution >= 0.6 is 11.6 Å². The van der Waals surface area contributed by atoms with E-state index < -0.39 is 28.2 Å². The van der Waals surface area contributed by atoms with E-state index in [0.29, 0.717) is 27.6 Å². The summed E-state index contributed by atoms with van der Waals surface area (Å²) in [6, 6.07) is 15.7. The third-order valence-electron chi connectivity index (χ3n) is 5.74. The Morgan fingerprint density at radius 1 is 1.05 bits per heavy atom.